The number of hydrogen-bond acceptors (Lipinski definition) is 6. The van der Waals surface area contributed by atoms with Crippen LogP contribution in [0.2, 0.25) is 0 Å². The monoisotopic (exact) mass is 455 g/mol. The quantitative estimate of drug-likeness (QED) is 0.462. The number of sulfonamides is 2. The van der Waals surface area contributed by atoms with Crippen LogP contribution in [0.5, 0.6) is 0 Å². The standard InChI is InChI=1S/C19H25N3O6S2/c1-14-8-9-16(30(26,27)21-10-11-28-2)12-17(14)19(23)20-13-15-6-4-5-7-18(15)22-29(3,24)25/h4-9,12,21-22H,10-11,13H2,1-3H3,(H,20,23). The van der Waals surface area contributed by atoms with Gasteiger partial charge in [-0.1, -0.05) is 24.3 Å². The first kappa shape index (κ1) is 23.8. The predicted molar refractivity (Wildman–Crippen MR) is 114 cm³/mol. The summed E-state index contributed by atoms with van der Waals surface area (Å²) in [5.41, 5.74) is 1.73. The Morgan fingerprint density at radius 1 is 1.07 bits per heavy atom. The average Bonchev–Trinajstić information content (AvgIpc) is 2.66. The molecule has 0 unspecified atom stereocenters. The highest BCUT2D eigenvalue weighted by Gasteiger charge is 2.18. The van der Waals surface area contributed by atoms with E-state index >= 15 is 0 Å². The molecule has 2 aromatic rings. The van der Waals surface area contributed by atoms with Gasteiger partial charge in [0.15, 0.2) is 0 Å². The second-order valence-electron chi connectivity index (χ2n) is 6.58. The number of nitrogens with one attached hydrogen (secondary N) is 3. The molecule has 0 aliphatic rings. The van der Waals surface area contributed by atoms with Gasteiger partial charge in [-0.2, -0.15) is 0 Å². The average molecular weight is 456 g/mol. The summed E-state index contributed by atoms with van der Waals surface area (Å²) in [6.45, 7) is 2.08. The van der Waals surface area contributed by atoms with Crippen LogP contribution in [0.15, 0.2) is 47.4 Å². The summed E-state index contributed by atoms with van der Waals surface area (Å²) in [6, 6.07) is 11.0. The number of carbonyl (C=O) groups excluding carboxylic acids is 1. The van der Waals surface area contributed by atoms with Crippen molar-refractivity contribution in [1.29, 1.82) is 0 Å². The number of aryl methyl sites for hydroxylation is 1. The van der Waals surface area contributed by atoms with E-state index in [0.717, 1.165) is 6.26 Å². The molecule has 0 saturated heterocycles. The fraction of sp³-hybridized carbons (Fsp3) is 0.316. The highest BCUT2D eigenvalue weighted by atomic mass is 32.2. The first-order valence-corrected chi connectivity index (χ1v) is 12.3. The number of anilines is 1. The van der Waals surface area contributed by atoms with Gasteiger partial charge < -0.3 is 10.1 Å². The smallest absolute Gasteiger partial charge is 0.251 e. The van der Waals surface area contributed by atoms with Crippen molar-refractivity contribution in [1.82, 2.24) is 10.0 Å². The van der Waals surface area contributed by atoms with E-state index in [1.807, 2.05) is 0 Å². The van der Waals surface area contributed by atoms with E-state index < -0.39 is 26.0 Å². The van der Waals surface area contributed by atoms with Crippen molar-refractivity contribution in [2.24, 2.45) is 0 Å². The van der Waals surface area contributed by atoms with Gasteiger partial charge in [0.2, 0.25) is 20.0 Å². The lowest BCUT2D eigenvalue weighted by atomic mass is 10.1. The van der Waals surface area contributed by atoms with Gasteiger partial charge in [0.1, 0.15) is 0 Å². The molecule has 30 heavy (non-hydrogen) atoms. The summed E-state index contributed by atoms with van der Waals surface area (Å²) in [5.74, 6) is -0.476. The lowest BCUT2D eigenvalue weighted by molar-refractivity contribution is 0.0950. The van der Waals surface area contributed by atoms with Crippen molar-refractivity contribution in [3.05, 3.63) is 59.2 Å². The summed E-state index contributed by atoms with van der Waals surface area (Å²) in [7, 11) is -5.80. The number of ether oxygens (including phenoxy) is 1. The zero-order valence-corrected chi connectivity index (χ0v) is 18.6. The topological polar surface area (TPSA) is 131 Å². The van der Waals surface area contributed by atoms with E-state index in [2.05, 4.69) is 14.8 Å². The van der Waals surface area contributed by atoms with E-state index in [4.69, 9.17) is 4.74 Å². The lowest BCUT2D eigenvalue weighted by Crippen LogP contribution is -2.28. The first-order valence-electron chi connectivity index (χ1n) is 8.96. The van der Waals surface area contributed by atoms with Gasteiger partial charge in [0.05, 0.1) is 23.4 Å². The molecular weight excluding hydrogens is 430 g/mol. The van der Waals surface area contributed by atoms with Crippen LogP contribution in [-0.4, -0.2) is 49.3 Å². The largest absolute Gasteiger partial charge is 0.383 e. The van der Waals surface area contributed by atoms with Crippen molar-refractivity contribution in [2.75, 3.05) is 31.2 Å². The molecule has 11 heteroatoms. The van der Waals surface area contributed by atoms with E-state index in [1.54, 1.807) is 37.3 Å². The maximum Gasteiger partial charge on any atom is 0.251 e. The van der Waals surface area contributed by atoms with Gasteiger partial charge in [0, 0.05) is 25.8 Å². The third-order valence-corrected chi connectivity index (χ3v) is 6.16. The normalized spacial score (nSPS) is 11.8. The van der Waals surface area contributed by atoms with Gasteiger partial charge in [-0.05, 0) is 36.2 Å². The molecule has 2 aromatic carbocycles. The highest BCUT2D eigenvalue weighted by Crippen LogP contribution is 2.18. The van der Waals surface area contributed by atoms with E-state index in [-0.39, 0.29) is 30.2 Å². The maximum absolute atomic E-state index is 12.7. The number of rotatable bonds is 10. The molecule has 0 heterocycles. The van der Waals surface area contributed by atoms with Crippen LogP contribution in [-0.2, 0) is 31.3 Å². The van der Waals surface area contributed by atoms with Gasteiger partial charge in [-0.3, -0.25) is 9.52 Å². The molecule has 0 spiro atoms. The predicted octanol–water partition coefficient (Wildman–Crippen LogP) is 1.22. The van der Waals surface area contributed by atoms with Crippen LogP contribution < -0.4 is 14.8 Å². The number of para-hydroxylation sites is 1. The van der Waals surface area contributed by atoms with Gasteiger partial charge in [0.25, 0.3) is 5.91 Å². The van der Waals surface area contributed by atoms with Crippen LogP contribution >= 0.6 is 0 Å². The van der Waals surface area contributed by atoms with Crippen molar-refractivity contribution in [3.8, 4) is 0 Å². The zero-order valence-electron chi connectivity index (χ0n) is 16.9. The molecule has 0 radical (unpaired) electrons. The van der Waals surface area contributed by atoms with Gasteiger partial charge >= 0.3 is 0 Å². The second kappa shape index (κ2) is 10.0. The molecule has 0 saturated carbocycles. The Labute approximate surface area is 176 Å². The van der Waals surface area contributed by atoms with Crippen LogP contribution in [0.25, 0.3) is 0 Å². The minimum absolute atomic E-state index is 0.0338. The molecule has 164 valence electrons. The van der Waals surface area contributed by atoms with E-state index in [1.165, 1.54) is 19.2 Å². The summed E-state index contributed by atoms with van der Waals surface area (Å²) in [6.07, 6.45) is 1.04. The number of carbonyl (C=O) groups is 1. The summed E-state index contributed by atoms with van der Waals surface area (Å²) in [5, 5.41) is 2.70. The minimum Gasteiger partial charge on any atom is -0.383 e. The number of benzene rings is 2. The Bertz CT molecular complexity index is 1110. The summed E-state index contributed by atoms with van der Waals surface area (Å²) < 4.78 is 57.4. The Morgan fingerprint density at radius 3 is 2.43 bits per heavy atom. The summed E-state index contributed by atoms with van der Waals surface area (Å²) >= 11 is 0. The Kier molecular flexibility index (Phi) is 7.96. The third-order valence-electron chi connectivity index (χ3n) is 4.11. The number of amides is 1. The fourth-order valence-corrected chi connectivity index (χ4v) is 4.26. The molecule has 0 aliphatic heterocycles. The van der Waals surface area contributed by atoms with Crippen molar-refractivity contribution < 1.29 is 26.4 Å². The van der Waals surface area contributed by atoms with Gasteiger partial charge in [-0.15, -0.1) is 0 Å². The Hall–Kier alpha value is -2.47. The second-order valence-corrected chi connectivity index (χ2v) is 10.1. The molecule has 0 atom stereocenters. The molecule has 0 aromatic heterocycles. The third kappa shape index (κ3) is 6.80. The number of methoxy groups -OCH3 is 1. The van der Waals surface area contributed by atoms with Gasteiger partial charge in [-0.25, -0.2) is 21.6 Å². The van der Waals surface area contributed by atoms with Crippen molar-refractivity contribution >= 4 is 31.6 Å². The fourth-order valence-electron chi connectivity index (χ4n) is 2.62. The van der Waals surface area contributed by atoms with Crippen LogP contribution in [0, 0.1) is 6.92 Å². The molecular formula is C19H25N3O6S2. The van der Waals surface area contributed by atoms with Crippen molar-refractivity contribution in [3.63, 3.8) is 0 Å². The Balaban J connectivity index is 2.19. The van der Waals surface area contributed by atoms with Crippen LogP contribution in [0.4, 0.5) is 5.69 Å². The van der Waals surface area contributed by atoms with E-state index in [9.17, 15) is 21.6 Å². The van der Waals surface area contributed by atoms with Crippen LogP contribution in [0.1, 0.15) is 21.5 Å². The molecule has 0 aliphatic carbocycles. The molecule has 2 rings (SSSR count). The molecule has 1 amide bonds. The zero-order chi connectivity index (χ0) is 22.4. The SMILES string of the molecule is COCCNS(=O)(=O)c1ccc(C)c(C(=O)NCc2ccccc2NS(C)(=O)=O)c1. The van der Waals surface area contributed by atoms with Crippen LogP contribution in [0.3, 0.4) is 0 Å². The lowest BCUT2D eigenvalue weighted by Gasteiger charge is -2.13. The number of hydrogen-bond donors (Lipinski definition) is 3. The highest BCUT2D eigenvalue weighted by molar-refractivity contribution is 7.92. The van der Waals surface area contributed by atoms with Crippen molar-refractivity contribution in [2.45, 2.75) is 18.4 Å². The molecule has 0 bridgehead atoms. The minimum atomic E-state index is -3.79. The molecule has 0 fully saturated rings. The summed E-state index contributed by atoms with van der Waals surface area (Å²) in [4.78, 5) is 12.7. The Morgan fingerprint density at radius 2 is 1.77 bits per heavy atom. The first-order chi connectivity index (χ1) is 14.0. The molecule has 3 N–H and O–H groups in total. The molecule has 9 nitrogen and oxygen atoms in total. The van der Waals surface area contributed by atoms with E-state index in [0.29, 0.717) is 16.8 Å². The maximum atomic E-state index is 12.7.